The van der Waals surface area contributed by atoms with Gasteiger partial charge in [-0.05, 0) is 46.3 Å². The maximum Gasteiger partial charge on any atom is 0.337 e. The number of benzene rings is 2. The third-order valence-corrected chi connectivity index (χ3v) is 3.75. The van der Waals surface area contributed by atoms with Crippen LogP contribution in [0.4, 0.5) is 21.5 Å². The van der Waals surface area contributed by atoms with Crippen LogP contribution in [0.5, 0.6) is 0 Å². The molecule has 0 aromatic heterocycles. The van der Waals surface area contributed by atoms with Crippen molar-refractivity contribution in [1.82, 2.24) is 0 Å². The standard InChI is InChI=1S/C13H9Br2FN2O2/c14-6-1-2-8(15)11(3-6)18-12-4-7(13(19)20)10(17)5-9(12)16/h1-5,18H,17H2,(H,19,20). The molecule has 0 amide bonds. The van der Waals surface area contributed by atoms with Crippen molar-refractivity contribution in [3.05, 3.63) is 50.7 Å². The largest absolute Gasteiger partial charge is 0.478 e. The molecular formula is C13H9Br2FN2O2. The first-order chi connectivity index (χ1) is 9.38. The fraction of sp³-hybridized carbons (Fsp3) is 0. The molecule has 104 valence electrons. The van der Waals surface area contributed by atoms with Crippen LogP contribution in [-0.4, -0.2) is 11.1 Å². The maximum absolute atomic E-state index is 13.8. The Morgan fingerprint density at radius 3 is 2.55 bits per heavy atom. The molecule has 0 spiro atoms. The van der Waals surface area contributed by atoms with E-state index in [1.54, 1.807) is 12.1 Å². The molecule has 4 N–H and O–H groups in total. The molecule has 0 aliphatic carbocycles. The summed E-state index contributed by atoms with van der Waals surface area (Å²) in [5.41, 5.74) is 5.84. The van der Waals surface area contributed by atoms with E-state index < -0.39 is 11.8 Å². The second-order valence-corrected chi connectivity index (χ2v) is 5.74. The van der Waals surface area contributed by atoms with Crippen LogP contribution in [0.25, 0.3) is 0 Å². The average molecular weight is 404 g/mol. The summed E-state index contributed by atoms with van der Waals surface area (Å²) in [6.45, 7) is 0. The van der Waals surface area contributed by atoms with Crippen molar-refractivity contribution in [2.45, 2.75) is 0 Å². The van der Waals surface area contributed by atoms with Gasteiger partial charge in [-0.25, -0.2) is 9.18 Å². The molecule has 0 aliphatic heterocycles. The highest BCUT2D eigenvalue weighted by atomic mass is 79.9. The molecule has 0 bridgehead atoms. The summed E-state index contributed by atoms with van der Waals surface area (Å²) in [6.07, 6.45) is 0. The van der Waals surface area contributed by atoms with Crippen molar-refractivity contribution in [1.29, 1.82) is 0 Å². The van der Waals surface area contributed by atoms with E-state index in [4.69, 9.17) is 10.8 Å². The van der Waals surface area contributed by atoms with Gasteiger partial charge in [0.1, 0.15) is 5.82 Å². The fourth-order valence-electron chi connectivity index (χ4n) is 1.61. The summed E-state index contributed by atoms with van der Waals surface area (Å²) in [5.74, 6) is -1.83. The Bertz CT molecular complexity index is 692. The summed E-state index contributed by atoms with van der Waals surface area (Å²) >= 11 is 6.64. The summed E-state index contributed by atoms with van der Waals surface area (Å²) in [4.78, 5) is 11.0. The summed E-state index contributed by atoms with van der Waals surface area (Å²) < 4.78 is 15.4. The van der Waals surface area contributed by atoms with E-state index in [0.717, 1.165) is 10.5 Å². The second kappa shape index (κ2) is 5.80. The number of nitrogens with one attached hydrogen (secondary N) is 1. The highest BCUT2D eigenvalue weighted by molar-refractivity contribution is 9.11. The molecule has 0 unspecified atom stereocenters. The predicted octanol–water partition coefficient (Wildman–Crippen LogP) is 4.37. The lowest BCUT2D eigenvalue weighted by molar-refractivity contribution is 0.0698. The van der Waals surface area contributed by atoms with Crippen molar-refractivity contribution < 1.29 is 14.3 Å². The number of hydrogen-bond donors (Lipinski definition) is 3. The van der Waals surface area contributed by atoms with Crippen molar-refractivity contribution >= 4 is 54.9 Å². The Hall–Kier alpha value is -1.60. The normalized spacial score (nSPS) is 10.3. The van der Waals surface area contributed by atoms with Crippen molar-refractivity contribution in [2.24, 2.45) is 0 Å². The van der Waals surface area contributed by atoms with Crippen LogP contribution in [-0.2, 0) is 0 Å². The van der Waals surface area contributed by atoms with Crippen LogP contribution in [0.2, 0.25) is 0 Å². The van der Waals surface area contributed by atoms with Crippen LogP contribution in [0.1, 0.15) is 10.4 Å². The van der Waals surface area contributed by atoms with Gasteiger partial charge in [0.15, 0.2) is 0 Å². The fourth-order valence-corrected chi connectivity index (χ4v) is 2.31. The quantitative estimate of drug-likeness (QED) is 0.665. The molecule has 2 aromatic carbocycles. The molecule has 0 radical (unpaired) electrons. The van der Waals surface area contributed by atoms with Crippen LogP contribution in [0.15, 0.2) is 39.3 Å². The number of carbonyl (C=O) groups is 1. The van der Waals surface area contributed by atoms with Gasteiger partial charge in [-0.1, -0.05) is 15.9 Å². The van der Waals surface area contributed by atoms with Crippen LogP contribution >= 0.6 is 31.9 Å². The number of carboxylic acid groups (broad SMARTS) is 1. The third kappa shape index (κ3) is 3.10. The number of anilines is 3. The minimum Gasteiger partial charge on any atom is -0.478 e. The molecule has 7 heteroatoms. The minimum atomic E-state index is -1.21. The van der Waals surface area contributed by atoms with Gasteiger partial charge < -0.3 is 16.2 Å². The van der Waals surface area contributed by atoms with Gasteiger partial charge >= 0.3 is 5.97 Å². The van der Waals surface area contributed by atoms with Gasteiger partial charge in [-0.3, -0.25) is 0 Å². The number of hydrogen-bond acceptors (Lipinski definition) is 3. The molecule has 0 saturated carbocycles. The first-order valence-electron chi connectivity index (χ1n) is 5.43. The van der Waals surface area contributed by atoms with E-state index in [0.29, 0.717) is 10.2 Å². The Balaban J connectivity index is 2.45. The molecule has 0 atom stereocenters. The predicted molar refractivity (Wildman–Crippen MR) is 82.9 cm³/mol. The van der Waals surface area contributed by atoms with Gasteiger partial charge in [0.05, 0.1) is 16.9 Å². The zero-order valence-corrected chi connectivity index (χ0v) is 13.1. The molecule has 0 fully saturated rings. The maximum atomic E-state index is 13.8. The lowest BCUT2D eigenvalue weighted by Crippen LogP contribution is -2.05. The molecule has 0 aliphatic rings. The zero-order valence-electron chi connectivity index (χ0n) is 9.95. The van der Waals surface area contributed by atoms with E-state index in [2.05, 4.69) is 37.2 Å². The first-order valence-corrected chi connectivity index (χ1v) is 7.01. The number of nitrogens with two attached hydrogens (primary N) is 1. The topological polar surface area (TPSA) is 75.3 Å². The number of rotatable bonds is 3. The smallest absolute Gasteiger partial charge is 0.337 e. The van der Waals surface area contributed by atoms with Crippen molar-refractivity contribution in [3.63, 3.8) is 0 Å². The Morgan fingerprint density at radius 2 is 1.90 bits per heavy atom. The third-order valence-electron chi connectivity index (χ3n) is 2.57. The van der Waals surface area contributed by atoms with E-state index in [1.807, 2.05) is 6.07 Å². The van der Waals surface area contributed by atoms with Crippen molar-refractivity contribution in [2.75, 3.05) is 11.1 Å². The highest BCUT2D eigenvalue weighted by Gasteiger charge is 2.14. The molecule has 0 heterocycles. The molecule has 0 saturated heterocycles. The molecule has 2 aromatic rings. The van der Waals surface area contributed by atoms with Gasteiger partial charge in [0.2, 0.25) is 0 Å². The van der Waals surface area contributed by atoms with E-state index in [1.165, 1.54) is 6.07 Å². The number of nitrogen functional groups attached to an aromatic ring is 1. The van der Waals surface area contributed by atoms with E-state index >= 15 is 0 Å². The van der Waals surface area contributed by atoms with E-state index in [-0.39, 0.29) is 16.9 Å². The van der Waals surface area contributed by atoms with Gasteiger partial charge in [-0.2, -0.15) is 0 Å². The average Bonchev–Trinajstić information content (AvgIpc) is 2.36. The molecule has 2 rings (SSSR count). The SMILES string of the molecule is Nc1cc(F)c(Nc2cc(Br)ccc2Br)cc1C(=O)O. The molecular weight excluding hydrogens is 395 g/mol. The monoisotopic (exact) mass is 402 g/mol. The minimum absolute atomic E-state index is 0.0374. The number of halogens is 3. The van der Waals surface area contributed by atoms with Gasteiger partial charge in [-0.15, -0.1) is 0 Å². The lowest BCUT2D eigenvalue weighted by Gasteiger charge is -2.12. The summed E-state index contributed by atoms with van der Waals surface area (Å²) in [5, 5.41) is 11.8. The van der Waals surface area contributed by atoms with E-state index in [9.17, 15) is 9.18 Å². The highest BCUT2D eigenvalue weighted by Crippen LogP contribution is 2.31. The lowest BCUT2D eigenvalue weighted by atomic mass is 10.1. The Kier molecular flexibility index (Phi) is 4.29. The van der Waals surface area contributed by atoms with Crippen molar-refractivity contribution in [3.8, 4) is 0 Å². The van der Waals surface area contributed by atoms with Crippen LogP contribution in [0.3, 0.4) is 0 Å². The molecule has 4 nitrogen and oxygen atoms in total. The van der Waals surface area contributed by atoms with Gasteiger partial charge in [0, 0.05) is 14.6 Å². The Morgan fingerprint density at radius 1 is 1.20 bits per heavy atom. The number of aromatic carboxylic acids is 1. The summed E-state index contributed by atoms with van der Waals surface area (Å²) in [7, 11) is 0. The van der Waals surface area contributed by atoms with Crippen LogP contribution in [0, 0.1) is 5.82 Å². The number of carboxylic acids is 1. The Labute approximate surface area is 131 Å². The van der Waals surface area contributed by atoms with Gasteiger partial charge in [0.25, 0.3) is 0 Å². The molecule has 20 heavy (non-hydrogen) atoms. The zero-order chi connectivity index (χ0) is 14.9. The second-order valence-electron chi connectivity index (χ2n) is 3.97. The van der Waals surface area contributed by atoms with Crippen LogP contribution < -0.4 is 11.1 Å². The first kappa shape index (κ1) is 14.8. The summed E-state index contributed by atoms with van der Waals surface area (Å²) in [6, 6.07) is 7.48.